The number of allylic oxidation sites excluding steroid dienone is 2. The van der Waals surface area contributed by atoms with Gasteiger partial charge in [-0.15, -0.1) is 0 Å². The molecule has 0 rings (SSSR count). The highest BCUT2D eigenvalue weighted by Gasteiger charge is 1.75. The molecule has 0 amide bonds. The molecule has 0 radical (unpaired) electrons. The highest BCUT2D eigenvalue weighted by molar-refractivity contribution is 9.09. The number of rotatable bonds is 3. The van der Waals surface area contributed by atoms with E-state index in [0.717, 1.165) is 18.2 Å². The zero-order chi connectivity index (χ0) is 7.66. The van der Waals surface area contributed by atoms with Crippen LogP contribution in [0.1, 0.15) is 26.2 Å². The van der Waals surface area contributed by atoms with Gasteiger partial charge in [-0.2, -0.15) is 0 Å². The van der Waals surface area contributed by atoms with E-state index in [0.29, 0.717) is 0 Å². The van der Waals surface area contributed by atoms with Gasteiger partial charge in [0, 0.05) is 11.8 Å². The molecule has 0 aliphatic heterocycles. The quantitative estimate of drug-likeness (QED) is 0.374. The Hall–Kier alpha value is -0.220. The van der Waals surface area contributed by atoms with Crippen LogP contribution in [-0.2, 0) is 0 Å². The van der Waals surface area contributed by atoms with Crippen LogP contribution in [0, 0.1) is 11.8 Å². The topological polar surface area (TPSA) is 0 Å². The van der Waals surface area contributed by atoms with Crippen LogP contribution in [0.5, 0.6) is 0 Å². The van der Waals surface area contributed by atoms with Crippen molar-refractivity contribution in [1.82, 2.24) is 0 Å². The second-order valence-electron chi connectivity index (χ2n) is 1.91. The molecule has 0 bridgehead atoms. The van der Waals surface area contributed by atoms with E-state index < -0.39 is 0 Å². The largest absolute Gasteiger partial charge is 0.0988 e. The monoisotopic (exact) mass is 200 g/mol. The molecular weight excluding hydrogens is 188 g/mol. The first kappa shape index (κ1) is 9.78. The molecule has 0 N–H and O–H groups in total. The normalized spacial score (nSPS) is 9.40. The molecule has 10 heavy (non-hydrogen) atoms. The minimum absolute atomic E-state index is 0.947. The van der Waals surface area contributed by atoms with Crippen LogP contribution >= 0.6 is 15.9 Å². The smallest absolute Gasteiger partial charge is 0.00637 e. The molecule has 1 heteroatoms. The van der Waals surface area contributed by atoms with Crippen molar-refractivity contribution in [2.45, 2.75) is 26.2 Å². The summed E-state index contributed by atoms with van der Waals surface area (Å²) in [4.78, 5) is 0. The second kappa shape index (κ2) is 8.78. The molecule has 0 saturated carbocycles. The Morgan fingerprint density at radius 1 is 1.50 bits per heavy atom. The van der Waals surface area contributed by atoms with E-state index in [4.69, 9.17) is 0 Å². The molecule has 0 atom stereocenters. The summed E-state index contributed by atoms with van der Waals surface area (Å²) in [6.07, 6.45) is 7.33. The molecule has 0 heterocycles. The number of hydrogen-bond acceptors (Lipinski definition) is 0. The fraction of sp³-hybridized carbons (Fsp3) is 0.556. The standard InChI is InChI=1S/C9H13Br/c1-2-3-4-5-6-7-8-9-10/h5-6H,2,7-9H2,1H3. The molecule has 0 fully saturated rings. The van der Waals surface area contributed by atoms with E-state index >= 15 is 0 Å². The van der Waals surface area contributed by atoms with Gasteiger partial charge in [-0.3, -0.25) is 0 Å². The lowest BCUT2D eigenvalue weighted by atomic mass is 10.3. The zero-order valence-corrected chi connectivity index (χ0v) is 7.95. The van der Waals surface area contributed by atoms with Gasteiger partial charge in [0.1, 0.15) is 0 Å². The second-order valence-corrected chi connectivity index (χ2v) is 2.70. The Labute approximate surface area is 71.8 Å². The van der Waals surface area contributed by atoms with Crippen molar-refractivity contribution in [2.24, 2.45) is 0 Å². The Morgan fingerprint density at radius 3 is 2.90 bits per heavy atom. The van der Waals surface area contributed by atoms with Gasteiger partial charge in [-0.25, -0.2) is 0 Å². The first-order valence-corrected chi connectivity index (χ1v) is 4.73. The van der Waals surface area contributed by atoms with Crippen molar-refractivity contribution in [2.75, 3.05) is 5.33 Å². The summed E-state index contributed by atoms with van der Waals surface area (Å²) in [6.45, 7) is 2.05. The maximum absolute atomic E-state index is 3.36. The van der Waals surface area contributed by atoms with Crippen molar-refractivity contribution in [1.29, 1.82) is 0 Å². The van der Waals surface area contributed by atoms with Crippen LogP contribution in [0.15, 0.2) is 12.2 Å². The lowest BCUT2D eigenvalue weighted by Crippen LogP contribution is -1.68. The highest BCUT2D eigenvalue weighted by atomic mass is 79.9. The van der Waals surface area contributed by atoms with Crippen molar-refractivity contribution in [3.63, 3.8) is 0 Å². The van der Waals surface area contributed by atoms with Crippen molar-refractivity contribution < 1.29 is 0 Å². The fourth-order valence-corrected chi connectivity index (χ4v) is 0.822. The molecule has 0 aromatic carbocycles. The predicted octanol–water partition coefficient (Wildman–Crippen LogP) is 3.13. The van der Waals surface area contributed by atoms with Crippen LogP contribution in [-0.4, -0.2) is 5.33 Å². The van der Waals surface area contributed by atoms with Crippen LogP contribution in [0.4, 0.5) is 0 Å². The van der Waals surface area contributed by atoms with E-state index in [9.17, 15) is 0 Å². The molecule has 0 aromatic rings. The molecule has 0 nitrogen and oxygen atoms in total. The highest BCUT2D eigenvalue weighted by Crippen LogP contribution is 1.93. The third kappa shape index (κ3) is 7.78. The van der Waals surface area contributed by atoms with Gasteiger partial charge in [0.2, 0.25) is 0 Å². The van der Waals surface area contributed by atoms with E-state index in [1.165, 1.54) is 6.42 Å². The minimum atomic E-state index is 0.947. The summed E-state index contributed by atoms with van der Waals surface area (Å²) in [6, 6.07) is 0. The molecule has 0 unspecified atom stereocenters. The Morgan fingerprint density at radius 2 is 2.30 bits per heavy atom. The van der Waals surface area contributed by atoms with Crippen LogP contribution < -0.4 is 0 Å². The maximum atomic E-state index is 3.36. The maximum Gasteiger partial charge on any atom is 0.00637 e. The van der Waals surface area contributed by atoms with Gasteiger partial charge in [0.25, 0.3) is 0 Å². The summed E-state index contributed by atoms with van der Waals surface area (Å²) >= 11 is 3.36. The zero-order valence-electron chi connectivity index (χ0n) is 6.36. The first-order valence-electron chi connectivity index (χ1n) is 3.61. The van der Waals surface area contributed by atoms with Crippen LogP contribution in [0.25, 0.3) is 0 Å². The molecule has 0 aromatic heterocycles. The average molecular weight is 201 g/mol. The SMILES string of the molecule is CCC#CC=CCCCBr. The van der Waals surface area contributed by atoms with Crippen LogP contribution in [0.3, 0.4) is 0 Å². The Balaban J connectivity index is 3.19. The number of halogens is 1. The minimum Gasteiger partial charge on any atom is -0.0988 e. The molecule has 0 saturated heterocycles. The number of alkyl halides is 1. The van der Waals surface area contributed by atoms with E-state index in [1.54, 1.807) is 0 Å². The van der Waals surface area contributed by atoms with Gasteiger partial charge in [-0.1, -0.05) is 40.8 Å². The molecular formula is C9H13Br. The lowest BCUT2D eigenvalue weighted by Gasteiger charge is -1.82. The van der Waals surface area contributed by atoms with Gasteiger partial charge >= 0.3 is 0 Å². The average Bonchev–Trinajstić information content (AvgIpc) is 1.97. The third-order valence-corrected chi connectivity index (χ3v) is 1.55. The van der Waals surface area contributed by atoms with Crippen molar-refractivity contribution >= 4 is 15.9 Å². The van der Waals surface area contributed by atoms with Gasteiger partial charge in [0.15, 0.2) is 0 Å². The van der Waals surface area contributed by atoms with Gasteiger partial charge < -0.3 is 0 Å². The van der Waals surface area contributed by atoms with Crippen molar-refractivity contribution in [3.8, 4) is 11.8 Å². The molecule has 0 aliphatic carbocycles. The summed E-state index contributed by atoms with van der Waals surface area (Å²) in [7, 11) is 0. The Bertz CT molecular complexity index is 137. The predicted molar refractivity (Wildman–Crippen MR) is 50.2 cm³/mol. The fourth-order valence-electron chi connectivity index (χ4n) is 0.498. The van der Waals surface area contributed by atoms with Crippen LogP contribution in [0.2, 0.25) is 0 Å². The van der Waals surface area contributed by atoms with E-state index in [-0.39, 0.29) is 0 Å². The number of hydrogen-bond donors (Lipinski definition) is 0. The molecule has 56 valence electrons. The number of unbranched alkanes of at least 4 members (excludes halogenated alkanes) is 1. The summed E-state index contributed by atoms with van der Waals surface area (Å²) in [5, 5.41) is 1.08. The van der Waals surface area contributed by atoms with Gasteiger partial charge in [-0.05, 0) is 18.9 Å². The van der Waals surface area contributed by atoms with E-state index in [1.807, 2.05) is 6.08 Å². The third-order valence-electron chi connectivity index (χ3n) is 0.984. The molecule has 0 aliphatic rings. The first-order chi connectivity index (χ1) is 4.91. The van der Waals surface area contributed by atoms with Crippen molar-refractivity contribution in [3.05, 3.63) is 12.2 Å². The van der Waals surface area contributed by atoms with Gasteiger partial charge in [0.05, 0.1) is 0 Å². The summed E-state index contributed by atoms with van der Waals surface area (Å²) < 4.78 is 0. The lowest BCUT2D eigenvalue weighted by molar-refractivity contribution is 0.980. The van der Waals surface area contributed by atoms with E-state index in [2.05, 4.69) is 40.8 Å². The summed E-state index contributed by atoms with van der Waals surface area (Å²) in [5.74, 6) is 5.92. The Kier molecular flexibility index (Phi) is 8.59. The molecule has 0 spiro atoms. The summed E-state index contributed by atoms with van der Waals surface area (Å²) in [5.41, 5.74) is 0.